The Hall–Kier alpha value is -3.92. The van der Waals surface area contributed by atoms with Gasteiger partial charge < -0.3 is 14.5 Å². The molecule has 0 aliphatic carbocycles. The summed E-state index contributed by atoms with van der Waals surface area (Å²) >= 11 is 0. The first kappa shape index (κ1) is 23.2. The minimum absolute atomic E-state index is 0.370. The maximum absolute atomic E-state index is 12.6. The maximum Gasteiger partial charge on any atom is 0.416 e. The van der Waals surface area contributed by atoms with Crippen molar-refractivity contribution in [2.75, 3.05) is 11.9 Å². The van der Waals surface area contributed by atoms with Crippen LogP contribution in [0.1, 0.15) is 28.3 Å². The van der Waals surface area contributed by atoms with Gasteiger partial charge in [-0.3, -0.25) is 4.68 Å². The highest BCUT2D eigenvalue weighted by Crippen LogP contribution is 2.29. The molecule has 0 unspecified atom stereocenters. The van der Waals surface area contributed by atoms with E-state index in [1.807, 2.05) is 24.3 Å². The fourth-order valence-corrected chi connectivity index (χ4v) is 3.04. The number of hydrogen-bond donors (Lipinski definition) is 1. The van der Waals surface area contributed by atoms with Gasteiger partial charge in [-0.1, -0.05) is 29.5 Å². The first-order valence-electron chi connectivity index (χ1n) is 10.5. The molecule has 0 aliphatic rings. The molecule has 176 valence electrons. The maximum atomic E-state index is 12.6. The number of oxazole rings is 1. The monoisotopic (exact) mass is 469 g/mol. The van der Waals surface area contributed by atoms with Crippen LogP contribution in [-0.2, 0) is 30.6 Å². The van der Waals surface area contributed by atoms with Crippen LogP contribution < -0.4 is 5.32 Å². The van der Waals surface area contributed by atoms with E-state index in [1.165, 1.54) is 18.4 Å². The average Bonchev–Trinajstić information content (AvgIpc) is 3.52. The van der Waals surface area contributed by atoms with Crippen LogP contribution in [0.25, 0.3) is 12.2 Å². The number of anilines is 1. The molecular formula is C24H22F3N5O2. The van der Waals surface area contributed by atoms with Gasteiger partial charge in [-0.15, -0.1) is 5.10 Å². The fourth-order valence-electron chi connectivity index (χ4n) is 3.04. The van der Waals surface area contributed by atoms with Crippen LogP contribution in [-0.4, -0.2) is 26.6 Å². The summed E-state index contributed by atoms with van der Waals surface area (Å²) in [4.78, 5) is 4.36. The third-order valence-electron chi connectivity index (χ3n) is 4.86. The van der Waals surface area contributed by atoms with Gasteiger partial charge in [0.1, 0.15) is 6.26 Å². The van der Waals surface area contributed by atoms with Crippen molar-refractivity contribution in [3.63, 3.8) is 0 Å². The predicted octanol–water partition coefficient (Wildman–Crippen LogP) is 5.28. The Kier molecular flexibility index (Phi) is 7.38. The summed E-state index contributed by atoms with van der Waals surface area (Å²) in [5.41, 5.74) is 2.62. The van der Waals surface area contributed by atoms with Gasteiger partial charge in [0.2, 0.25) is 5.89 Å². The summed E-state index contributed by atoms with van der Waals surface area (Å²) in [7, 11) is 0. The molecule has 2 heterocycles. The standard InChI is InChI=1S/C24H22F3N5O2/c25-24(26,27)20-6-1-18(2-7-20)5-10-23-30-22(17-34-23)15-28-21-8-3-19(4-9-21)16-33-14-13-32-12-11-29-31-32/h1-12,17,28H,13-16H2/b10-5+. The topological polar surface area (TPSA) is 78.0 Å². The summed E-state index contributed by atoms with van der Waals surface area (Å²) < 4.78 is 50.7. The largest absolute Gasteiger partial charge is 0.445 e. The van der Waals surface area contributed by atoms with E-state index in [0.29, 0.717) is 43.5 Å². The molecule has 4 aromatic rings. The Morgan fingerprint density at radius 1 is 1.03 bits per heavy atom. The number of nitrogens with one attached hydrogen (secondary N) is 1. The van der Waals surface area contributed by atoms with E-state index in [-0.39, 0.29) is 0 Å². The molecule has 0 spiro atoms. The van der Waals surface area contributed by atoms with Gasteiger partial charge in [-0.2, -0.15) is 13.2 Å². The smallest absolute Gasteiger partial charge is 0.416 e. The molecule has 0 amide bonds. The Labute approximate surface area is 193 Å². The lowest BCUT2D eigenvalue weighted by molar-refractivity contribution is -0.137. The molecule has 0 saturated heterocycles. The van der Waals surface area contributed by atoms with Gasteiger partial charge in [0.15, 0.2) is 0 Å². The van der Waals surface area contributed by atoms with Crippen LogP contribution in [0.15, 0.2) is 71.6 Å². The molecule has 0 bridgehead atoms. The van der Waals surface area contributed by atoms with Crippen molar-refractivity contribution in [1.29, 1.82) is 0 Å². The molecule has 10 heteroatoms. The average molecular weight is 469 g/mol. The summed E-state index contributed by atoms with van der Waals surface area (Å²) in [5, 5.41) is 10.9. The number of hydrogen-bond acceptors (Lipinski definition) is 6. The molecule has 0 radical (unpaired) electrons. The van der Waals surface area contributed by atoms with Crippen LogP contribution >= 0.6 is 0 Å². The second-order valence-corrected chi connectivity index (χ2v) is 7.40. The SMILES string of the molecule is FC(F)(F)c1ccc(/C=C/c2nc(CNc3ccc(COCCn4ccnn4)cc3)co2)cc1. The van der Waals surface area contributed by atoms with Crippen LogP contribution in [0, 0.1) is 0 Å². The predicted molar refractivity (Wildman–Crippen MR) is 120 cm³/mol. The molecule has 0 saturated carbocycles. The Balaban J connectivity index is 1.21. The second-order valence-electron chi connectivity index (χ2n) is 7.40. The Morgan fingerprint density at radius 3 is 2.53 bits per heavy atom. The molecule has 1 N–H and O–H groups in total. The van der Waals surface area contributed by atoms with Gasteiger partial charge in [0.25, 0.3) is 0 Å². The molecule has 0 aliphatic heterocycles. The number of ether oxygens (including phenoxy) is 1. The minimum atomic E-state index is -4.35. The molecule has 0 fully saturated rings. The molecule has 7 nitrogen and oxygen atoms in total. The highest BCUT2D eigenvalue weighted by molar-refractivity contribution is 5.66. The van der Waals surface area contributed by atoms with E-state index in [2.05, 4.69) is 20.6 Å². The molecular weight excluding hydrogens is 447 g/mol. The van der Waals surface area contributed by atoms with Crippen molar-refractivity contribution in [2.24, 2.45) is 0 Å². The first-order chi connectivity index (χ1) is 16.5. The van der Waals surface area contributed by atoms with Crippen molar-refractivity contribution in [3.8, 4) is 0 Å². The van der Waals surface area contributed by atoms with Gasteiger partial charge in [-0.25, -0.2) is 4.98 Å². The Morgan fingerprint density at radius 2 is 1.82 bits per heavy atom. The number of halogens is 3. The highest BCUT2D eigenvalue weighted by Gasteiger charge is 2.29. The highest BCUT2D eigenvalue weighted by atomic mass is 19.4. The van der Waals surface area contributed by atoms with Gasteiger partial charge >= 0.3 is 6.18 Å². The normalized spacial score (nSPS) is 11.9. The van der Waals surface area contributed by atoms with E-state index in [1.54, 1.807) is 29.2 Å². The number of nitrogens with zero attached hydrogens (tertiary/aromatic N) is 4. The number of aromatic nitrogens is 4. The molecule has 2 aromatic carbocycles. The summed E-state index contributed by atoms with van der Waals surface area (Å²) in [6.07, 6.45) is 3.87. The quantitative estimate of drug-likeness (QED) is 0.318. The molecule has 2 aromatic heterocycles. The number of benzene rings is 2. The molecule has 4 rings (SSSR count). The van der Waals surface area contributed by atoms with E-state index in [4.69, 9.17) is 9.15 Å². The zero-order chi connectivity index (χ0) is 23.8. The second kappa shape index (κ2) is 10.8. The zero-order valence-corrected chi connectivity index (χ0v) is 18.1. The van der Waals surface area contributed by atoms with Crippen LogP contribution in [0.3, 0.4) is 0 Å². The summed E-state index contributed by atoms with van der Waals surface area (Å²) in [5.74, 6) is 0.370. The van der Waals surface area contributed by atoms with Gasteiger partial charge in [0, 0.05) is 18.0 Å². The van der Waals surface area contributed by atoms with Crippen LogP contribution in [0.2, 0.25) is 0 Å². The lowest BCUT2D eigenvalue weighted by Gasteiger charge is -2.07. The number of alkyl halides is 3. The first-order valence-corrected chi connectivity index (χ1v) is 10.5. The van der Waals surface area contributed by atoms with Crippen molar-refractivity contribution in [1.82, 2.24) is 20.0 Å². The minimum Gasteiger partial charge on any atom is -0.445 e. The lowest BCUT2D eigenvalue weighted by Crippen LogP contribution is -2.06. The Bertz CT molecular complexity index is 1180. The third-order valence-corrected chi connectivity index (χ3v) is 4.86. The zero-order valence-electron chi connectivity index (χ0n) is 18.1. The number of rotatable bonds is 10. The van der Waals surface area contributed by atoms with Crippen LogP contribution in [0.4, 0.5) is 18.9 Å². The summed E-state index contributed by atoms with van der Waals surface area (Å²) in [6.45, 7) is 2.17. The van der Waals surface area contributed by atoms with Gasteiger partial charge in [-0.05, 0) is 41.5 Å². The fraction of sp³-hybridized carbons (Fsp3) is 0.208. The lowest BCUT2D eigenvalue weighted by atomic mass is 10.1. The van der Waals surface area contributed by atoms with E-state index in [9.17, 15) is 13.2 Å². The third kappa shape index (κ3) is 6.79. The van der Waals surface area contributed by atoms with E-state index < -0.39 is 11.7 Å². The van der Waals surface area contributed by atoms with Gasteiger partial charge in [0.05, 0.1) is 43.8 Å². The molecule has 0 atom stereocenters. The molecule has 34 heavy (non-hydrogen) atoms. The van der Waals surface area contributed by atoms with Crippen LogP contribution in [0.5, 0.6) is 0 Å². The summed E-state index contributed by atoms with van der Waals surface area (Å²) in [6, 6.07) is 12.8. The van der Waals surface area contributed by atoms with E-state index >= 15 is 0 Å². The van der Waals surface area contributed by atoms with Crippen molar-refractivity contribution in [2.45, 2.75) is 25.9 Å². The van der Waals surface area contributed by atoms with Crippen molar-refractivity contribution in [3.05, 3.63) is 95.5 Å². The van der Waals surface area contributed by atoms with Crippen molar-refractivity contribution < 1.29 is 22.3 Å². The van der Waals surface area contributed by atoms with E-state index in [0.717, 1.165) is 23.4 Å². The van der Waals surface area contributed by atoms with Crippen molar-refractivity contribution >= 4 is 17.8 Å².